The van der Waals surface area contributed by atoms with E-state index in [2.05, 4.69) is 50.5 Å². The summed E-state index contributed by atoms with van der Waals surface area (Å²) in [5, 5.41) is 6.19. The van der Waals surface area contributed by atoms with Crippen LogP contribution in [0.15, 0.2) is 36.4 Å². The first kappa shape index (κ1) is 21.7. The molecule has 0 atom stereocenters. The molecule has 0 fully saturated rings. The van der Waals surface area contributed by atoms with E-state index in [-0.39, 0.29) is 11.6 Å². The third-order valence-corrected chi connectivity index (χ3v) is 4.90. The Bertz CT molecular complexity index is 782. The molecule has 0 aliphatic carbocycles. The van der Waals surface area contributed by atoms with Crippen LogP contribution in [0.2, 0.25) is 0 Å². The van der Waals surface area contributed by atoms with Gasteiger partial charge in [-0.3, -0.25) is 9.59 Å². The van der Waals surface area contributed by atoms with Gasteiger partial charge in [0.15, 0.2) is 11.6 Å². The zero-order chi connectivity index (χ0) is 20.8. The van der Waals surface area contributed by atoms with Gasteiger partial charge < -0.3 is 10.6 Å². The number of benzene rings is 2. The quantitative estimate of drug-likeness (QED) is 0.685. The molecule has 4 heteroatoms. The molecule has 0 bridgehead atoms. The average molecular weight is 381 g/mol. The van der Waals surface area contributed by atoms with Crippen molar-refractivity contribution in [2.24, 2.45) is 0 Å². The minimum atomic E-state index is 0.199. The van der Waals surface area contributed by atoms with E-state index >= 15 is 0 Å². The third kappa shape index (κ3) is 4.80. The molecule has 2 aliphatic heterocycles. The van der Waals surface area contributed by atoms with Crippen LogP contribution < -0.4 is 10.6 Å². The van der Waals surface area contributed by atoms with Gasteiger partial charge in [-0.1, -0.05) is 53.7 Å². The van der Waals surface area contributed by atoms with Crippen LogP contribution in [0.1, 0.15) is 85.2 Å². The monoisotopic (exact) mass is 380 g/mol. The van der Waals surface area contributed by atoms with Gasteiger partial charge in [0.1, 0.15) is 0 Å². The largest absolute Gasteiger partial charge is 0.377 e. The predicted molar refractivity (Wildman–Crippen MR) is 118 cm³/mol. The van der Waals surface area contributed by atoms with Gasteiger partial charge in [-0.25, -0.2) is 0 Å². The van der Waals surface area contributed by atoms with E-state index in [9.17, 15) is 9.59 Å². The molecule has 0 radical (unpaired) electrons. The second-order valence-corrected chi connectivity index (χ2v) is 7.47. The molecule has 0 unspecified atom stereocenters. The van der Waals surface area contributed by atoms with Gasteiger partial charge in [-0.2, -0.15) is 0 Å². The molecular weight excluding hydrogens is 348 g/mol. The van der Waals surface area contributed by atoms with E-state index in [0.29, 0.717) is 24.9 Å². The highest BCUT2D eigenvalue weighted by Gasteiger charge is 2.19. The highest BCUT2D eigenvalue weighted by molar-refractivity contribution is 6.08. The zero-order valence-corrected chi connectivity index (χ0v) is 17.8. The van der Waals surface area contributed by atoms with Gasteiger partial charge in [-0.05, 0) is 47.2 Å². The SMILES string of the molecule is CC.CC(C)c1ccc2c(c1)NCC2=O.CC(C)c1ccc2c(c1)NCC2=O. The maximum Gasteiger partial charge on any atom is 0.183 e. The number of nitrogens with one attached hydrogen (secondary N) is 2. The van der Waals surface area contributed by atoms with Gasteiger partial charge in [0.05, 0.1) is 13.1 Å². The second kappa shape index (κ2) is 9.54. The molecule has 2 aromatic rings. The molecule has 4 rings (SSSR count). The predicted octanol–water partition coefficient (Wildman–Crippen LogP) is 5.86. The number of Topliss-reactive ketones (excluding diaryl/α,β-unsaturated/α-hetero) is 2. The minimum Gasteiger partial charge on any atom is -0.377 e. The smallest absolute Gasteiger partial charge is 0.183 e. The van der Waals surface area contributed by atoms with Crippen LogP contribution in [0.4, 0.5) is 11.4 Å². The molecule has 2 aliphatic rings. The number of carbonyl (C=O) groups excluding carboxylic acids is 2. The summed E-state index contributed by atoms with van der Waals surface area (Å²) in [6, 6.07) is 12.1. The van der Waals surface area contributed by atoms with Crippen LogP contribution in [0.3, 0.4) is 0 Å². The second-order valence-electron chi connectivity index (χ2n) is 7.47. The molecule has 28 heavy (non-hydrogen) atoms. The fraction of sp³-hybridized carbons (Fsp3) is 0.417. The van der Waals surface area contributed by atoms with Gasteiger partial charge in [-0.15, -0.1) is 0 Å². The Morgan fingerprint density at radius 1 is 0.679 bits per heavy atom. The molecular formula is C24H32N2O2. The number of hydrogen-bond donors (Lipinski definition) is 2. The molecule has 2 aromatic carbocycles. The molecule has 0 saturated heterocycles. The summed E-state index contributed by atoms with van der Waals surface area (Å²) in [4.78, 5) is 22.6. The van der Waals surface area contributed by atoms with Crippen molar-refractivity contribution in [3.8, 4) is 0 Å². The van der Waals surface area contributed by atoms with Crippen molar-refractivity contribution in [1.82, 2.24) is 0 Å². The van der Waals surface area contributed by atoms with Crippen molar-refractivity contribution in [1.29, 1.82) is 0 Å². The van der Waals surface area contributed by atoms with Crippen molar-refractivity contribution in [2.45, 2.75) is 53.4 Å². The number of hydrogen-bond acceptors (Lipinski definition) is 4. The summed E-state index contributed by atoms with van der Waals surface area (Å²) in [5.74, 6) is 1.43. The lowest BCUT2D eigenvalue weighted by molar-refractivity contribution is 0.101. The van der Waals surface area contributed by atoms with E-state index in [1.165, 1.54) is 11.1 Å². The van der Waals surface area contributed by atoms with E-state index < -0.39 is 0 Å². The first-order valence-corrected chi connectivity index (χ1v) is 10.2. The van der Waals surface area contributed by atoms with Crippen LogP contribution in [0.5, 0.6) is 0 Å². The Kier molecular flexibility index (Phi) is 7.38. The Morgan fingerprint density at radius 3 is 1.36 bits per heavy atom. The third-order valence-electron chi connectivity index (χ3n) is 4.90. The van der Waals surface area contributed by atoms with Crippen LogP contribution in [-0.2, 0) is 0 Å². The van der Waals surface area contributed by atoms with Gasteiger partial charge >= 0.3 is 0 Å². The van der Waals surface area contributed by atoms with E-state index in [1.54, 1.807) is 0 Å². The zero-order valence-electron chi connectivity index (χ0n) is 17.8. The summed E-state index contributed by atoms with van der Waals surface area (Å²) in [7, 11) is 0. The lowest BCUT2D eigenvalue weighted by Gasteiger charge is -2.06. The summed E-state index contributed by atoms with van der Waals surface area (Å²) in [5.41, 5.74) is 6.23. The van der Waals surface area contributed by atoms with Gasteiger partial charge in [0, 0.05) is 22.5 Å². The maximum absolute atomic E-state index is 11.3. The standard InChI is InChI=1S/2C11H13NO.C2H6/c2*1-7(2)8-3-4-9-10(5-8)12-6-11(9)13;1-2/h2*3-5,7,12H,6H2,1-2H3;1-2H3. The topological polar surface area (TPSA) is 58.2 Å². The van der Waals surface area contributed by atoms with E-state index in [0.717, 1.165) is 22.5 Å². The Labute approximate surface area is 168 Å². The van der Waals surface area contributed by atoms with Crippen LogP contribution in [-0.4, -0.2) is 24.7 Å². The van der Waals surface area contributed by atoms with Crippen molar-refractivity contribution in [2.75, 3.05) is 23.7 Å². The Hall–Kier alpha value is -2.62. The van der Waals surface area contributed by atoms with Crippen molar-refractivity contribution in [3.63, 3.8) is 0 Å². The van der Waals surface area contributed by atoms with Crippen LogP contribution in [0, 0.1) is 0 Å². The van der Waals surface area contributed by atoms with E-state index in [1.807, 2.05) is 38.1 Å². The molecule has 2 heterocycles. The van der Waals surface area contributed by atoms with Crippen molar-refractivity contribution in [3.05, 3.63) is 58.7 Å². The Morgan fingerprint density at radius 2 is 1.04 bits per heavy atom. The Balaban J connectivity index is 0.000000184. The van der Waals surface area contributed by atoms with Crippen LogP contribution in [0.25, 0.3) is 0 Å². The van der Waals surface area contributed by atoms with Crippen LogP contribution >= 0.6 is 0 Å². The van der Waals surface area contributed by atoms with Crippen molar-refractivity contribution < 1.29 is 9.59 Å². The number of fused-ring (bicyclic) bond motifs is 2. The fourth-order valence-electron chi connectivity index (χ4n) is 3.16. The molecule has 0 spiro atoms. The average Bonchev–Trinajstić information content (AvgIpc) is 3.26. The summed E-state index contributed by atoms with van der Waals surface area (Å²) in [6.07, 6.45) is 0. The van der Waals surface area contributed by atoms with Gasteiger partial charge in [0.2, 0.25) is 0 Å². The number of carbonyl (C=O) groups is 2. The van der Waals surface area contributed by atoms with Gasteiger partial charge in [0.25, 0.3) is 0 Å². The first-order valence-electron chi connectivity index (χ1n) is 10.2. The molecule has 2 N–H and O–H groups in total. The first-order chi connectivity index (χ1) is 13.4. The number of ketones is 2. The highest BCUT2D eigenvalue weighted by Crippen LogP contribution is 2.27. The summed E-state index contributed by atoms with van der Waals surface area (Å²) >= 11 is 0. The van der Waals surface area contributed by atoms with Crippen molar-refractivity contribution >= 4 is 22.9 Å². The van der Waals surface area contributed by atoms with E-state index in [4.69, 9.17) is 0 Å². The number of rotatable bonds is 2. The molecule has 4 nitrogen and oxygen atoms in total. The normalized spacial score (nSPS) is 13.7. The molecule has 0 aromatic heterocycles. The highest BCUT2D eigenvalue weighted by atomic mass is 16.1. The minimum absolute atomic E-state index is 0.199. The molecule has 0 amide bonds. The number of anilines is 2. The fourth-order valence-corrected chi connectivity index (χ4v) is 3.16. The lowest BCUT2D eigenvalue weighted by atomic mass is 10.0. The molecule has 150 valence electrons. The lowest BCUT2D eigenvalue weighted by Crippen LogP contribution is -2.00. The maximum atomic E-state index is 11.3. The molecule has 0 saturated carbocycles. The summed E-state index contributed by atoms with van der Waals surface area (Å²) in [6.45, 7) is 13.5. The summed E-state index contributed by atoms with van der Waals surface area (Å²) < 4.78 is 0.